The van der Waals surface area contributed by atoms with Crippen LogP contribution in [0.15, 0.2) is 80.2 Å². The minimum Gasteiger partial charge on any atom is -0.508 e. The van der Waals surface area contributed by atoms with Gasteiger partial charge >= 0.3 is 0 Å². The zero-order valence-electron chi connectivity index (χ0n) is 30.3. The van der Waals surface area contributed by atoms with Crippen LogP contribution in [-0.4, -0.2) is 96.8 Å². The number of aliphatic hydroxyl groups excluding tert-OH is 4. The fraction of sp³-hybridized carbons (Fsp3) is 0.400. The highest BCUT2D eigenvalue weighted by Crippen LogP contribution is 2.49. The fourth-order valence-electron chi connectivity index (χ4n) is 7.57. The largest absolute Gasteiger partial charge is 0.508 e. The average Bonchev–Trinajstić information content (AvgIpc) is 3.73. The summed E-state index contributed by atoms with van der Waals surface area (Å²) in [5, 5.41) is 75.3. The Labute approximate surface area is 310 Å². The lowest BCUT2D eigenvalue weighted by Gasteiger charge is -2.41. The molecule has 0 aliphatic carbocycles. The number of phenolic OH excluding ortho intramolecular Hbond substituents is 2. The predicted molar refractivity (Wildman–Crippen MR) is 199 cm³/mol. The van der Waals surface area contributed by atoms with Gasteiger partial charge in [-0.1, -0.05) is 13.0 Å². The average molecular weight is 745 g/mol. The molecular weight excluding hydrogens is 700 g/mol. The van der Waals surface area contributed by atoms with Crippen molar-refractivity contribution < 1.29 is 54.7 Å². The number of hydrogen-bond acceptors (Lipinski definition) is 14. The van der Waals surface area contributed by atoms with E-state index in [2.05, 4.69) is 11.9 Å². The summed E-state index contributed by atoms with van der Waals surface area (Å²) < 4.78 is 12.9. The Kier molecular flexibility index (Phi) is 9.81. The predicted octanol–water partition coefficient (Wildman–Crippen LogP) is 3.20. The van der Waals surface area contributed by atoms with E-state index >= 15 is 0 Å². The highest BCUT2D eigenvalue weighted by molar-refractivity contribution is 5.97. The van der Waals surface area contributed by atoms with Gasteiger partial charge in [-0.05, 0) is 74.5 Å². The van der Waals surface area contributed by atoms with Gasteiger partial charge in [-0.3, -0.25) is 9.79 Å². The zero-order valence-corrected chi connectivity index (χ0v) is 30.3. The molecule has 14 heteroatoms. The smallest absolute Gasteiger partial charge is 0.193 e. The highest BCUT2D eigenvalue weighted by Gasteiger charge is 2.46. The number of phenols is 2. The molecule has 0 spiro atoms. The van der Waals surface area contributed by atoms with Gasteiger partial charge < -0.3 is 49.8 Å². The highest BCUT2D eigenvalue weighted by atomic mass is 17.2. The molecule has 4 aromatic rings. The van der Waals surface area contributed by atoms with Crippen molar-refractivity contribution in [3.63, 3.8) is 0 Å². The van der Waals surface area contributed by atoms with E-state index in [1.807, 2.05) is 17.2 Å². The number of aromatic hydroxyl groups is 2. The van der Waals surface area contributed by atoms with E-state index in [-0.39, 0.29) is 29.4 Å². The molecule has 3 aliphatic heterocycles. The SMILES string of the molecule is CCC1C2=CC=NC2=CN1c1c2c(cc3c(=O)cc(C)oc13)CC(OOCC(O)(Cc1ccc(O)c3ccc(O)cc13)C(O)C(O)C(O)CO)C(C)(C)O2. The summed E-state index contributed by atoms with van der Waals surface area (Å²) >= 11 is 0. The van der Waals surface area contributed by atoms with Crippen LogP contribution in [0.1, 0.15) is 44.1 Å². The third-order valence-corrected chi connectivity index (χ3v) is 10.6. The standard InChI is InChI=1S/C40H44N2O12/c1-5-29-25-10-11-41-28(25)17-42(29)34-36-22(13-27-31(46)12-20(2)52-37(27)34)14-33(39(3,4)53-36)54-51-19-40(50,38(49)35(48)32(47)18-43)16-21-6-9-30(45)24-8-7-23(44)15-26(21)24/h6-13,15,17,29,32-33,35,38,43-45,47-50H,5,14,16,18-19H2,1-4H3. The first-order valence-electron chi connectivity index (χ1n) is 17.8. The summed E-state index contributed by atoms with van der Waals surface area (Å²) in [4.78, 5) is 31.6. The quantitative estimate of drug-likeness (QED) is 0.0821. The molecule has 3 aromatic carbocycles. The minimum absolute atomic E-state index is 0.0862. The van der Waals surface area contributed by atoms with Crippen LogP contribution >= 0.6 is 0 Å². The molecule has 7 N–H and O–H groups in total. The van der Waals surface area contributed by atoms with E-state index in [1.54, 1.807) is 33.1 Å². The van der Waals surface area contributed by atoms with Crippen LogP contribution in [0.2, 0.25) is 0 Å². The molecule has 3 aliphatic rings. The van der Waals surface area contributed by atoms with Crippen molar-refractivity contribution in [1.82, 2.24) is 0 Å². The third-order valence-electron chi connectivity index (χ3n) is 10.6. The maximum atomic E-state index is 13.4. The summed E-state index contributed by atoms with van der Waals surface area (Å²) in [5.41, 5.74) is 0.159. The number of anilines is 1. The number of rotatable bonds is 12. The van der Waals surface area contributed by atoms with Crippen LogP contribution in [0.25, 0.3) is 21.7 Å². The molecule has 286 valence electrons. The molecule has 6 unspecified atom stereocenters. The van der Waals surface area contributed by atoms with Crippen molar-refractivity contribution >= 4 is 33.6 Å². The van der Waals surface area contributed by atoms with E-state index < -0.39 is 55.3 Å². The van der Waals surface area contributed by atoms with Crippen molar-refractivity contribution in [2.75, 3.05) is 18.1 Å². The first-order chi connectivity index (χ1) is 25.7. The van der Waals surface area contributed by atoms with Crippen LogP contribution in [0.5, 0.6) is 17.2 Å². The molecule has 1 aromatic heterocycles. The molecule has 4 heterocycles. The molecule has 0 saturated carbocycles. The number of hydrogen-bond donors (Lipinski definition) is 7. The molecule has 54 heavy (non-hydrogen) atoms. The number of aliphatic hydroxyl groups is 5. The second-order valence-electron chi connectivity index (χ2n) is 14.8. The molecule has 0 bridgehead atoms. The zero-order chi connectivity index (χ0) is 38.7. The summed E-state index contributed by atoms with van der Waals surface area (Å²) in [7, 11) is 0. The molecule has 0 radical (unpaired) electrons. The molecule has 14 nitrogen and oxygen atoms in total. The Balaban J connectivity index is 1.21. The number of allylic oxidation sites excluding steroid dienone is 1. The second-order valence-corrected chi connectivity index (χ2v) is 14.8. The van der Waals surface area contributed by atoms with Crippen molar-refractivity contribution in [1.29, 1.82) is 0 Å². The van der Waals surface area contributed by atoms with Gasteiger partial charge in [0.2, 0.25) is 0 Å². The van der Waals surface area contributed by atoms with Gasteiger partial charge in [0.15, 0.2) is 16.8 Å². The number of ether oxygens (including phenoxy) is 1. The van der Waals surface area contributed by atoms with Crippen molar-refractivity contribution in [3.05, 3.63) is 93.1 Å². The maximum Gasteiger partial charge on any atom is 0.193 e. The molecule has 0 amide bonds. The van der Waals surface area contributed by atoms with Crippen LogP contribution in [0.3, 0.4) is 0 Å². The lowest BCUT2D eigenvalue weighted by atomic mass is 9.84. The van der Waals surface area contributed by atoms with Crippen molar-refractivity contribution in [2.24, 2.45) is 4.99 Å². The van der Waals surface area contributed by atoms with Crippen molar-refractivity contribution in [2.45, 2.75) is 88.6 Å². The number of nitrogens with zero attached hydrogens (tertiary/aromatic N) is 2. The van der Waals surface area contributed by atoms with Gasteiger partial charge in [-0.25, -0.2) is 9.78 Å². The van der Waals surface area contributed by atoms with Crippen LogP contribution in [-0.2, 0) is 22.6 Å². The normalized spacial score (nSPS) is 21.6. The van der Waals surface area contributed by atoms with Gasteiger partial charge in [0.1, 0.15) is 65.2 Å². The minimum atomic E-state index is -2.35. The first-order valence-corrected chi connectivity index (χ1v) is 17.8. The second kappa shape index (κ2) is 14.1. The van der Waals surface area contributed by atoms with E-state index in [4.69, 9.17) is 18.9 Å². The van der Waals surface area contributed by atoms with E-state index in [0.29, 0.717) is 50.1 Å². The topological polar surface area (TPSA) is 215 Å². The third kappa shape index (κ3) is 6.53. The van der Waals surface area contributed by atoms with E-state index in [9.17, 15) is 40.5 Å². The Morgan fingerprint density at radius 3 is 2.59 bits per heavy atom. The summed E-state index contributed by atoms with van der Waals surface area (Å²) in [6.07, 6.45) is -0.532. The van der Waals surface area contributed by atoms with Crippen LogP contribution in [0.4, 0.5) is 5.69 Å². The summed E-state index contributed by atoms with van der Waals surface area (Å²) in [5.74, 6) is 0.741. The van der Waals surface area contributed by atoms with Crippen molar-refractivity contribution in [3.8, 4) is 17.2 Å². The number of benzene rings is 3. The number of aryl methyl sites for hydroxylation is 1. The molecule has 7 rings (SSSR count). The van der Waals surface area contributed by atoms with Gasteiger partial charge in [0.25, 0.3) is 0 Å². The summed E-state index contributed by atoms with van der Waals surface area (Å²) in [6.45, 7) is 5.72. The van der Waals surface area contributed by atoms with Gasteiger partial charge in [0.05, 0.1) is 23.7 Å². The lowest BCUT2D eigenvalue weighted by molar-refractivity contribution is -0.369. The Hall–Kier alpha value is -4.80. The fourth-order valence-corrected chi connectivity index (χ4v) is 7.57. The monoisotopic (exact) mass is 744 g/mol. The van der Waals surface area contributed by atoms with Crippen LogP contribution in [0, 0.1) is 6.92 Å². The Bertz CT molecular complexity index is 2260. The lowest BCUT2D eigenvalue weighted by Crippen LogP contribution is -2.57. The molecule has 0 fully saturated rings. The van der Waals surface area contributed by atoms with Gasteiger partial charge in [-0.15, -0.1) is 0 Å². The summed E-state index contributed by atoms with van der Waals surface area (Å²) in [6, 6.07) is 10.2. The van der Waals surface area contributed by atoms with Gasteiger partial charge in [-0.2, -0.15) is 0 Å². The van der Waals surface area contributed by atoms with Gasteiger partial charge in [0, 0.05) is 47.8 Å². The maximum absolute atomic E-state index is 13.4. The Morgan fingerprint density at radius 2 is 1.85 bits per heavy atom. The first kappa shape index (κ1) is 37.5. The molecular formula is C40H44N2O12. The molecule has 6 atom stereocenters. The number of fused-ring (bicyclic) bond motifs is 4. The Morgan fingerprint density at radius 1 is 1.07 bits per heavy atom. The van der Waals surface area contributed by atoms with E-state index in [0.717, 1.165) is 17.7 Å². The van der Waals surface area contributed by atoms with Crippen LogP contribution < -0.4 is 15.1 Å². The number of aliphatic imine (C=N–C) groups is 1. The van der Waals surface area contributed by atoms with E-state index in [1.165, 1.54) is 36.4 Å². The molecule has 0 saturated heterocycles.